The van der Waals surface area contributed by atoms with E-state index in [2.05, 4.69) is 0 Å². The molecule has 0 aliphatic carbocycles. The molecule has 2 aromatic carbocycles. The van der Waals surface area contributed by atoms with Crippen LogP contribution in [0.5, 0.6) is 5.75 Å². The predicted molar refractivity (Wildman–Crippen MR) is 110 cm³/mol. The Morgan fingerprint density at radius 3 is 2.31 bits per heavy atom. The first-order valence-corrected chi connectivity index (χ1v) is 10.1. The lowest BCUT2D eigenvalue weighted by molar-refractivity contribution is -0.126. The molecule has 3 atom stereocenters. The van der Waals surface area contributed by atoms with Gasteiger partial charge in [0.05, 0.1) is 18.5 Å². The predicted octanol–water partition coefficient (Wildman–Crippen LogP) is 3.81. The molecular formula is C22H18N2O4S. The van der Waals surface area contributed by atoms with Gasteiger partial charge in [0.1, 0.15) is 17.7 Å². The van der Waals surface area contributed by atoms with Crippen LogP contribution in [0.15, 0.2) is 72.1 Å². The SMILES string of the molecule is COc1ccc(N2C(=O)[C@H]3[C@H](ON(c4ccccc4)[C@@H]3c3cccs3)C2=O)cc1. The minimum Gasteiger partial charge on any atom is -0.497 e. The molecule has 7 heteroatoms. The third-order valence-corrected chi connectivity index (χ3v) is 6.23. The number of methoxy groups -OCH3 is 1. The van der Waals surface area contributed by atoms with Gasteiger partial charge in [-0.25, -0.2) is 9.96 Å². The van der Waals surface area contributed by atoms with Crippen LogP contribution in [0.1, 0.15) is 10.9 Å². The fourth-order valence-electron chi connectivity index (χ4n) is 3.95. The molecule has 3 heterocycles. The highest BCUT2D eigenvalue weighted by Crippen LogP contribution is 2.48. The molecule has 0 radical (unpaired) electrons. The molecule has 2 aliphatic rings. The van der Waals surface area contributed by atoms with Crippen molar-refractivity contribution in [2.75, 3.05) is 17.1 Å². The van der Waals surface area contributed by atoms with Gasteiger partial charge in [-0.2, -0.15) is 0 Å². The molecule has 3 aromatic rings. The molecule has 29 heavy (non-hydrogen) atoms. The van der Waals surface area contributed by atoms with E-state index in [-0.39, 0.29) is 17.9 Å². The number of thiophene rings is 1. The zero-order valence-corrected chi connectivity index (χ0v) is 16.4. The first kappa shape index (κ1) is 17.9. The van der Waals surface area contributed by atoms with Gasteiger partial charge in [0.25, 0.3) is 5.91 Å². The minimum absolute atomic E-state index is 0.248. The number of fused-ring (bicyclic) bond motifs is 1. The summed E-state index contributed by atoms with van der Waals surface area (Å²) in [7, 11) is 1.57. The molecule has 5 rings (SSSR count). The lowest BCUT2D eigenvalue weighted by atomic mass is 9.95. The second-order valence-corrected chi connectivity index (χ2v) is 7.86. The standard InChI is InChI=1S/C22H18N2O4S/c1-27-16-11-9-14(10-12-16)23-21(25)18-19(17-8-5-13-29-17)24(28-20(18)22(23)26)15-6-3-2-4-7-15/h2-13,18-20H,1H3/t18-,19-,20+/m1/s1. The van der Waals surface area contributed by atoms with Crippen molar-refractivity contribution in [3.8, 4) is 5.75 Å². The van der Waals surface area contributed by atoms with Gasteiger partial charge >= 0.3 is 0 Å². The zero-order chi connectivity index (χ0) is 20.0. The van der Waals surface area contributed by atoms with Crippen molar-refractivity contribution in [3.63, 3.8) is 0 Å². The first-order valence-electron chi connectivity index (χ1n) is 9.25. The Morgan fingerprint density at radius 2 is 1.66 bits per heavy atom. The zero-order valence-electron chi connectivity index (χ0n) is 15.6. The molecule has 1 aromatic heterocycles. The summed E-state index contributed by atoms with van der Waals surface area (Å²) in [4.78, 5) is 34.9. The molecule has 0 saturated carbocycles. The number of imide groups is 1. The van der Waals surface area contributed by atoms with Gasteiger partial charge in [0, 0.05) is 4.88 Å². The molecule has 0 N–H and O–H groups in total. The maximum atomic E-state index is 13.4. The largest absolute Gasteiger partial charge is 0.497 e. The van der Waals surface area contributed by atoms with E-state index in [1.165, 1.54) is 4.90 Å². The van der Waals surface area contributed by atoms with Gasteiger partial charge in [-0.3, -0.25) is 14.4 Å². The van der Waals surface area contributed by atoms with Crippen LogP contribution >= 0.6 is 11.3 Å². The lowest BCUT2D eigenvalue weighted by Gasteiger charge is -2.27. The summed E-state index contributed by atoms with van der Waals surface area (Å²) in [6.45, 7) is 0. The summed E-state index contributed by atoms with van der Waals surface area (Å²) in [6.07, 6.45) is -0.850. The number of amides is 2. The fourth-order valence-corrected chi connectivity index (χ4v) is 4.80. The van der Waals surface area contributed by atoms with Crippen LogP contribution in [-0.4, -0.2) is 25.0 Å². The molecular weight excluding hydrogens is 388 g/mol. The van der Waals surface area contributed by atoms with E-state index in [4.69, 9.17) is 9.57 Å². The van der Waals surface area contributed by atoms with Crippen LogP contribution < -0.4 is 14.7 Å². The summed E-state index contributed by atoms with van der Waals surface area (Å²) in [6, 6.07) is 20.0. The Balaban J connectivity index is 1.54. The highest BCUT2D eigenvalue weighted by molar-refractivity contribution is 7.10. The number of hydrogen-bond donors (Lipinski definition) is 0. The summed E-state index contributed by atoms with van der Waals surface area (Å²) in [5, 5.41) is 3.68. The quantitative estimate of drug-likeness (QED) is 0.617. The summed E-state index contributed by atoms with van der Waals surface area (Å²) in [5.41, 5.74) is 1.34. The van der Waals surface area contributed by atoms with Crippen LogP contribution in [0.3, 0.4) is 0 Å². The van der Waals surface area contributed by atoms with E-state index in [1.54, 1.807) is 47.8 Å². The van der Waals surface area contributed by atoms with Gasteiger partial charge in [0.15, 0.2) is 6.10 Å². The molecule has 0 unspecified atom stereocenters. The lowest BCUT2D eigenvalue weighted by Crippen LogP contribution is -2.37. The number of benzene rings is 2. The number of anilines is 2. The Morgan fingerprint density at radius 1 is 0.897 bits per heavy atom. The van der Waals surface area contributed by atoms with Gasteiger partial charge < -0.3 is 4.74 Å². The highest BCUT2D eigenvalue weighted by atomic mass is 32.1. The van der Waals surface area contributed by atoms with Gasteiger partial charge in [-0.15, -0.1) is 11.3 Å². The van der Waals surface area contributed by atoms with Crippen molar-refractivity contribution in [3.05, 3.63) is 77.0 Å². The average Bonchev–Trinajstić information content (AvgIpc) is 3.47. The van der Waals surface area contributed by atoms with Crippen molar-refractivity contribution >= 4 is 34.5 Å². The molecule has 0 spiro atoms. The normalized spacial score (nSPS) is 23.6. The summed E-state index contributed by atoms with van der Waals surface area (Å²) < 4.78 is 5.17. The van der Waals surface area contributed by atoms with Gasteiger partial charge in [-0.1, -0.05) is 24.3 Å². The number of ether oxygens (including phenoxy) is 1. The third kappa shape index (κ3) is 2.82. The van der Waals surface area contributed by atoms with Crippen LogP contribution in [-0.2, 0) is 14.4 Å². The smallest absolute Gasteiger partial charge is 0.266 e. The Bertz CT molecular complexity index is 1040. The van der Waals surface area contributed by atoms with E-state index < -0.39 is 12.0 Å². The van der Waals surface area contributed by atoms with E-state index in [0.29, 0.717) is 11.4 Å². The van der Waals surface area contributed by atoms with Crippen molar-refractivity contribution in [1.82, 2.24) is 0 Å². The molecule has 2 aliphatic heterocycles. The number of rotatable bonds is 4. The van der Waals surface area contributed by atoms with Crippen molar-refractivity contribution in [1.29, 1.82) is 0 Å². The second-order valence-electron chi connectivity index (χ2n) is 6.88. The van der Waals surface area contributed by atoms with Gasteiger partial charge in [-0.05, 0) is 47.8 Å². The number of nitrogens with zero attached hydrogens (tertiary/aromatic N) is 2. The fraction of sp³-hybridized carbons (Fsp3) is 0.182. The Hall–Kier alpha value is -3.16. The number of hydrogen-bond acceptors (Lipinski definition) is 6. The molecule has 0 bridgehead atoms. The highest BCUT2D eigenvalue weighted by Gasteiger charge is 2.60. The monoisotopic (exact) mass is 406 g/mol. The molecule has 2 fully saturated rings. The number of carbonyl (C=O) groups is 2. The molecule has 2 amide bonds. The molecule has 2 saturated heterocycles. The summed E-state index contributed by atoms with van der Waals surface area (Å²) >= 11 is 1.55. The van der Waals surface area contributed by atoms with Crippen molar-refractivity contribution in [2.24, 2.45) is 5.92 Å². The van der Waals surface area contributed by atoms with Crippen molar-refractivity contribution in [2.45, 2.75) is 12.1 Å². The summed E-state index contributed by atoms with van der Waals surface area (Å²) in [5.74, 6) is -0.536. The first-order chi connectivity index (χ1) is 14.2. The van der Waals surface area contributed by atoms with Gasteiger partial charge in [0.2, 0.25) is 5.91 Å². The average molecular weight is 406 g/mol. The third-order valence-electron chi connectivity index (χ3n) is 5.29. The van der Waals surface area contributed by atoms with E-state index in [0.717, 1.165) is 10.6 Å². The van der Waals surface area contributed by atoms with Crippen LogP contribution in [0, 0.1) is 5.92 Å². The van der Waals surface area contributed by atoms with E-state index in [9.17, 15) is 9.59 Å². The number of carbonyl (C=O) groups excluding carboxylic acids is 2. The van der Waals surface area contributed by atoms with Crippen molar-refractivity contribution < 1.29 is 19.2 Å². The maximum Gasteiger partial charge on any atom is 0.266 e. The second kappa shape index (κ2) is 7.02. The Kier molecular flexibility index (Phi) is 4.34. The minimum atomic E-state index is -0.850. The number of para-hydroxylation sites is 1. The van der Waals surface area contributed by atoms with E-state index in [1.807, 2.05) is 47.8 Å². The van der Waals surface area contributed by atoms with Crippen LogP contribution in [0.4, 0.5) is 11.4 Å². The van der Waals surface area contributed by atoms with E-state index >= 15 is 0 Å². The topological polar surface area (TPSA) is 59.1 Å². The van der Waals surface area contributed by atoms with Crippen LogP contribution in [0.25, 0.3) is 0 Å². The van der Waals surface area contributed by atoms with Crippen LogP contribution in [0.2, 0.25) is 0 Å². The molecule has 6 nitrogen and oxygen atoms in total. The maximum absolute atomic E-state index is 13.4. The molecule has 146 valence electrons. The Labute approximate surface area is 171 Å². The number of hydroxylamine groups is 1.